The SMILES string of the molecule is O=C([O-])CCCC(=O)N1NC(c2ccccc2)=C[C@H]1c1ccccc1F. The molecule has 1 N–H and O–H groups in total. The Morgan fingerprint density at radius 3 is 2.42 bits per heavy atom. The van der Waals surface area contributed by atoms with Gasteiger partial charge in [0.15, 0.2) is 0 Å². The van der Waals surface area contributed by atoms with Gasteiger partial charge in [0, 0.05) is 18.0 Å². The number of carbonyl (C=O) groups excluding carboxylic acids is 2. The van der Waals surface area contributed by atoms with Gasteiger partial charge in [0.25, 0.3) is 0 Å². The number of rotatable bonds is 6. The van der Waals surface area contributed by atoms with E-state index in [9.17, 15) is 19.1 Å². The summed E-state index contributed by atoms with van der Waals surface area (Å²) < 4.78 is 14.3. The van der Waals surface area contributed by atoms with E-state index in [1.165, 1.54) is 11.1 Å². The van der Waals surface area contributed by atoms with Crippen LogP contribution in [-0.4, -0.2) is 16.9 Å². The first kappa shape index (κ1) is 17.7. The molecule has 0 aliphatic carbocycles. The maximum absolute atomic E-state index is 14.3. The number of hydrogen-bond acceptors (Lipinski definition) is 4. The molecule has 0 unspecified atom stereocenters. The maximum Gasteiger partial charge on any atom is 0.241 e. The van der Waals surface area contributed by atoms with E-state index in [2.05, 4.69) is 5.43 Å². The first-order chi connectivity index (χ1) is 12.6. The van der Waals surface area contributed by atoms with Gasteiger partial charge in [-0.25, -0.2) is 9.40 Å². The Hall–Kier alpha value is -3.15. The first-order valence-corrected chi connectivity index (χ1v) is 8.36. The van der Waals surface area contributed by atoms with Crippen molar-refractivity contribution in [3.8, 4) is 0 Å². The largest absolute Gasteiger partial charge is 0.550 e. The summed E-state index contributed by atoms with van der Waals surface area (Å²) in [5.74, 6) is -1.90. The molecule has 0 saturated heterocycles. The highest BCUT2D eigenvalue weighted by molar-refractivity contribution is 5.81. The van der Waals surface area contributed by atoms with Crippen molar-refractivity contribution in [1.82, 2.24) is 10.4 Å². The lowest BCUT2D eigenvalue weighted by Crippen LogP contribution is -2.39. The normalized spacial score (nSPS) is 16.1. The molecule has 5 nitrogen and oxygen atoms in total. The van der Waals surface area contributed by atoms with Crippen molar-refractivity contribution in [3.63, 3.8) is 0 Å². The number of benzene rings is 2. The lowest BCUT2D eigenvalue weighted by Gasteiger charge is -2.26. The monoisotopic (exact) mass is 353 g/mol. The van der Waals surface area contributed by atoms with E-state index in [4.69, 9.17) is 0 Å². The molecule has 1 heterocycles. The van der Waals surface area contributed by atoms with E-state index < -0.39 is 17.8 Å². The average molecular weight is 353 g/mol. The molecule has 3 rings (SSSR count). The van der Waals surface area contributed by atoms with Crippen LogP contribution in [0.5, 0.6) is 0 Å². The number of carboxylic acid groups (broad SMARTS) is 1. The van der Waals surface area contributed by atoms with Crippen molar-refractivity contribution in [2.45, 2.75) is 25.3 Å². The van der Waals surface area contributed by atoms with Crippen LogP contribution in [0.2, 0.25) is 0 Å². The minimum atomic E-state index is -1.19. The van der Waals surface area contributed by atoms with E-state index in [0.29, 0.717) is 11.3 Å². The molecule has 1 aliphatic heterocycles. The number of nitrogens with zero attached hydrogens (tertiary/aromatic N) is 1. The van der Waals surface area contributed by atoms with Gasteiger partial charge in [-0.05, 0) is 30.5 Å². The van der Waals surface area contributed by atoms with Gasteiger partial charge in [0.05, 0.1) is 5.70 Å². The zero-order chi connectivity index (χ0) is 18.5. The highest BCUT2D eigenvalue weighted by Crippen LogP contribution is 2.33. The second-order valence-corrected chi connectivity index (χ2v) is 6.01. The van der Waals surface area contributed by atoms with Crippen LogP contribution in [0.15, 0.2) is 60.7 Å². The second-order valence-electron chi connectivity index (χ2n) is 6.01. The van der Waals surface area contributed by atoms with E-state index in [1.807, 2.05) is 30.3 Å². The molecule has 6 heteroatoms. The molecule has 0 spiro atoms. The Morgan fingerprint density at radius 1 is 1.04 bits per heavy atom. The summed E-state index contributed by atoms with van der Waals surface area (Å²) in [7, 11) is 0. The van der Waals surface area contributed by atoms with Crippen LogP contribution in [-0.2, 0) is 9.59 Å². The fourth-order valence-corrected chi connectivity index (χ4v) is 2.91. The fourth-order valence-electron chi connectivity index (χ4n) is 2.91. The van der Waals surface area contributed by atoms with E-state index in [0.717, 1.165) is 5.56 Å². The molecule has 2 aromatic rings. The molecular weight excluding hydrogens is 335 g/mol. The van der Waals surface area contributed by atoms with Gasteiger partial charge in [0.1, 0.15) is 11.9 Å². The smallest absolute Gasteiger partial charge is 0.241 e. The Bertz CT molecular complexity index is 836. The third-order valence-electron chi connectivity index (χ3n) is 4.19. The highest BCUT2D eigenvalue weighted by Gasteiger charge is 2.31. The summed E-state index contributed by atoms with van der Waals surface area (Å²) in [6.45, 7) is 0. The molecule has 1 aliphatic rings. The molecule has 0 saturated carbocycles. The summed E-state index contributed by atoms with van der Waals surface area (Å²) in [4.78, 5) is 23.2. The number of hydrazine groups is 1. The van der Waals surface area contributed by atoms with E-state index in [-0.39, 0.29) is 25.2 Å². The van der Waals surface area contributed by atoms with Crippen molar-refractivity contribution >= 4 is 17.6 Å². The Labute approximate surface area is 150 Å². The van der Waals surface area contributed by atoms with E-state index >= 15 is 0 Å². The molecular formula is C20H18FN2O3-. The van der Waals surface area contributed by atoms with Crippen LogP contribution in [0.25, 0.3) is 5.70 Å². The van der Waals surface area contributed by atoms with Crippen LogP contribution in [0.3, 0.4) is 0 Å². The Kier molecular flexibility index (Phi) is 5.31. The summed E-state index contributed by atoms with van der Waals surface area (Å²) in [6, 6.07) is 15.1. The highest BCUT2D eigenvalue weighted by atomic mass is 19.1. The zero-order valence-corrected chi connectivity index (χ0v) is 14.0. The van der Waals surface area contributed by atoms with Crippen LogP contribution < -0.4 is 10.5 Å². The third-order valence-corrected chi connectivity index (χ3v) is 4.19. The second kappa shape index (κ2) is 7.82. The van der Waals surface area contributed by atoms with Crippen molar-refractivity contribution in [3.05, 3.63) is 77.6 Å². The van der Waals surface area contributed by atoms with E-state index in [1.54, 1.807) is 24.3 Å². The lowest BCUT2D eigenvalue weighted by molar-refractivity contribution is -0.305. The number of aliphatic carboxylic acids is 1. The zero-order valence-electron chi connectivity index (χ0n) is 14.0. The van der Waals surface area contributed by atoms with Gasteiger partial charge in [-0.1, -0.05) is 48.5 Å². The van der Waals surface area contributed by atoms with Crippen molar-refractivity contribution < 1.29 is 19.1 Å². The molecule has 0 radical (unpaired) electrons. The van der Waals surface area contributed by atoms with Crippen molar-refractivity contribution in [2.24, 2.45) is 0 Å². The van der Waals surface area contributed by atoms with Gasteiger partial charge < -0.3 is 9.90 Å². The summed E-state index contributed by atoms with van der Waals surface area (Å²) >= 11 is 0. The van der Waals surface area contributed by atoms with Gasteiger partial charge in [0.2, 0.25) is 5.91 Å². The number of hydrogen-bond donors (Lipinski definition) is 1. The van der Waals surface area contributed by atoms with Crippen LogP contribution >= 0.6 is 0 Å². The van der Waals surface area contributed by atoms with Crippen molar-refractivity contribution in [1.29, 1.82) is 0 Å². The third kappa shape index (κ3) is 3.91. The molecule has 1 atom stereocenters. The molecule has 0 fully saturated rings. The molecule has 0 aromatic heterocycles. The minimum absolute atomic E-state index is 0.0296. The van der Waals surface area contributed by atoms with Crippen LogP contribution in [0.4, 0.5) is 4.39 Å². The van der Waals surface area contributed by atoms with Crippen LogP contribution in [0, 0.1) is 5.82 Å². The maximum atomic E-state index is 14.3. The number of carbonyl (C=O) groups is 2. The summed E-state index contributed by atoms with van der Waals surface area (Å²) in [6.07, 6.45) is 1.80. The van der Waals surface area contributed by atoms with Crippen LogP contribution in [0.1, 0.15) is 36.4 Å². The van der Waals surface area contributed by atoms with Crippen molar-refractivity contribution in [2.75, 3.05) is 0 Å². The predicted octanol–water partition coefficient (Wildman–Crippen LogP) is 2.17. The molecule has 0 bridgehead atoms. The minimum Gasteiger partial charge on any atom is -0.550 e. The Balaban J connectivity index is 1.86. The summed E-state index contributed by atoms with van der Waals surface area (Å²) in [5.41, 5.74) is 4.99. The lowest BCUT2D eigenvalue weighted by atomic mass is 10.0. The number of amides is 1. The molecule has 134 valence electrons. The Morgan fingerprint density at radius 2 is 1.73 bits per heavy atom. The van der Waals surface area contributed by atoms with Gasteiger partial charge in [-0.2, -0.15) is 0 Å². The molecule has 2 aromatic carbocycles. The fraction of sp³-hybridized carbons (Fsp3) is 0.200. The number of nitrogens with one attached hydrogen (secondary N) is 1. The molecule has 26 heavy (non-hydrogen) atoms. The summed E-state index contributed by atoms with van der Waals surface area (Å²) in [5, 5.41) is 11.9. The van der Waals surface area contributed by atoms with Gasteiger partial charge in [-0.3, -0.25) is 10.2 Å². The molecule has 1 amide bonds. The average Bonchev–Trinajstić information content (AvgIpc) is 3.08. The quantitative estimate of drug-likeness (QED) is 0.864. The number of carboxylic acids is 1. The van der Waals surface area contributed by atoms with Gasteiger partial charge in [-0.15, -0.1) is 0 Å². The predicted molar refractivity (Wildman–Crippen MR) is 92.4 cm³/mol. The number of halogens is 1. The van der Waals surface area contributed by atoms with Gasteiger partial charge >= 0.3 is 0 Å². The first-order valence-electron chi connectivity index (χ1n) is 8.36. The standard InChI is InChI=1S/C20H19FN2O3/c21-16-10-5-4-9-15(16)18-13-17(14-7-2-1-3-8-14)22-23(18)19(24)11-6-12-20(25)26/h1-5,7-10,13,18,22H,6,11-12H2,(H,25,26)/p-1/t18-/m0/s1. The topological polar surface area (TPSA) is 72.5 Å².